The number of methoxy groups -OCH3 is 1. The van der Waals surface area contributed by atoms with E-state index in [9.17, 15) is 9.59 Å². The van der Waals surface area contributed by atoms with Crippen molar-refractivity contribution in [2.24, 2.45) is 0 Å². The molecule has 0 aliphatic heterocycles. The molecule has 0 radical (unpaired) electrons. The van der Waals surface area contributed by atoms with Gasteiger partial charge in [-0.25, -0.2) is 4.79 Å². The fourth-order valence-electron chi connectivity index (χ4n) is 2.39. The van der Waals surface area contributed by atoms with Crippen LogP contribution in [-0.4, -0.2) is 17.5 Å². The minimum atomic E-state index is -0.695. The molecule has 0 aliphatic carbocycles. The molecule has 0 saturated carbocycles. The van der Waals surface area contributed by atoms with E-state index in [0.29, 0.717) is 5.52 Å². The summed E-state index contributed by atoms with van der Waals surface area (Å²) in [6, 6.07) is 12.6. The summed E-state index contributed by atoms with van der Waals surface area (Å²) in [5, 5.41) is 10.9. The molecule has 0 unspecified atom stereocenters. The number of esters is 1. The first-order valence-corrected chi connectivity index (χ1v) is 6.23. The molecule has 5 heteroatoms. The Bertz CT molecular complexity index is 980. The van der Waals surface area contributed by atoms with Gasteiger partial charge in [0.05, 0.1) is 18.2 Å². The molecule has 5 nitrogen and oxygen atoms in total. The van der Waals surface area contributed by atoms with E-state index in [-0.39, 0.29) is 11.1 Å². The maximum absolute atomic E-state index is 12.4. The number of benzene rings is 1. The molecule has 102 valence electrons. The number of rotatable bonds is 1. The van der Waals surface area contributed by atoms with E-state index >= 15 is 0 Å². The zero-order chi connectivity index (χ0) is 15.0. The van der Waals surface area contributed by atoms with Crippen LogP contribution < -0.4 is 5.56 Å². The van der Waals surface area contributed by atoms with Crippen molar-refractivity contribution in [1.82, 2.24) is 4.40 Å². The van der Waals surface area contributed by atoms with E-state index in [0.717, 1.165) is 10.8 Å². The highest BCUT2D eigenvalue weighted by molar-refractivity contribution is 6.00. The Morgan fingerprint density at radius 3 is 2.76 bits per heavy atom. The maximum atomic E-state index is 12.4. The van der Waals surface area contributed by atoms with Gasteiger partial charge in [-0.3, -0.25) is 9.20 Å². The lowest BCUT2D eigenvalue weighted by Crippen LogP contribution is -2.21. The monoisotopic (exact) mass is 278 g/mol. The van der Waals surface area contributed by atoms with Gasteiger partial charge in [0, 0.05) is 11.6 Å². The summed E-state index contributed by atoms with van der Waals surface area (Å²) in [6.45, 7) is 0. The lowest BCUT2D eigenvalue weighted by Gasteiger charge is -2.08. The third kappa shape index (κ3) is 1.85. The summed E-state index contributed by atoms with van der Waals surface area (Å²) in [6.07, 6.45) is 1.60. The molecular formula is C16H10N2O3. The number of nitriles is 1. The topological polar surface area (TPSA) is 71.6 Å². The first kappa shape index (κ1) is 12.9. The minimum Gasteiger partial charge on any atom is -0.465 e. The molecular weight excluding hydrogens is 268 g/mol. The molecule has 0 bridgehead atoms. The summed E-state index contributed by atoms with van der Waals surface area (Å²) in [5.41, 5.74) is -0.186. The van der Waals surface area contributed by atoms with E-state index in [4.69, 9.17) is 5.26 Å². The molecule has 1 aromatic carbocycles. The number of nitrogens with zero attached hydrogens (tertiary/aromatic N) is 2. The number of hydrogen-bond donors (Lipinski definition) is 0. The number of pyridine rings is 2. The van der Waals surface area contributed by atoms with Gasteiger partial charge in [-0.1, -0.05) is 24.3 Å². The quantitative estimate of drug-likeness (QED) is 0.505. The first-order chi connectivity index (χ1) is 10.2. The van der Waals surface area contributed by atoms with Gasteiger partial charge in [0.15, 0.2) is 0 Å². The SMILES string of the molecule is COC(=O)c1cc2c3ccccc3ccn2c(=O)c1C#N. The van der Waals surface area contributed by atoms with Crippen LogP contribution in [0.3, 0.4) is 0 Å². The highest BCUT2D eigenvalue weighted by Crippen LogP contribution is 2.20. The summed E-state index contributed by atoms with van der Waals surface area (Å²) in [5.74, 6) is -0.695. The van der Waals surface area contributed by atoms with E-state index in [1.807, 2.05) is 24.3 Å². The molecule has 0 N–H and O–H groups in total. The normalized spacial score (nSPS) is 10.5. The van der Waals surface area contributed by atoms with Crippen molar-refractivity contribution in [1.29, 1.82) is 5.26 Å². The summed E-state index contributed by atoms with van der Waals surface area (Å²) >= 11 is 0. The van der Waals surface area contributed by atoms with Gasteiger partial charge in [-0.05, 0) is 17.5 Å². The van der Waals surface area contributed by atoms with Crippen LogP contribution in [-0.2, 0) is 4.74 Å². The molecule has 0 spiro atoms. The Balaban J connectivity index is 2.55. The average molecular weight is 278 g/mol. The average Bonchev–Trinajstić information content (AvgIpc) is 2.53. The third-order valence-electron chi connectivity index (χ3n) is 3.40. The van der Waals surface area contributed by atoms with Gasteiger partial charge in [0.2, 0.25) is 0 Å². The van der Waals surface area contributed by atoms with Crippen LogP contribution in [0.1, 0.15) is 15.9 Å². The van der Waals surface area contributed by atoms with Crippen molar-refractivity contribution < 1.29 is 9.53 Å². The molecule has 2 heterocycles. The highest BCUT2D eigenvalue weighted by atomic mass is 16.5. The van der Waals surface area contributed by atoms with Crippen molar-refractivity contribution in [2.45, 2.75) is 0 Å². The fourth-order valence-corrected chi connectivity index (χ4v) is 2.39. The van der Waals surface area contributed by atoms with E-state index in [2.05, 4.69) is 4.74 Å². The van der Waals surface area contributed by atoms with Gasteiger partial charge in [-0.15, -0.1) is 0 Å². The van der Waals surface area contributed by atoms with E-state index in [1.165, 1.54) is 17.6 Å². The van der Waals surface area contributed by atoms with Crippen molar-refractivity contribution in [3.63, 3.8) is 0 Å². The zero-order valence-electron chi connectivity index (χ0n) is 11.2. The number of carbonyl (C=O) groups excluding carboxylic acids is 1. The molecule has 3 rings (SSSR count). The Kier molecular flexibility index (Phi) is 2.92. The number of hydrogen-bond acceptors (Lipinski definition) is 4. The predicted octanol–water partition coefficient (Wildman–Crippen LogP) is 2.11. The molecule has 0 fully saturated rings. The summed E-state index contributed by atoms with van der Waals surface area (Å²) in [4.78, 5) is 24.2. The molecule has 21 heavy (non-hydrogen) atoms. The number of ether oxygens (including phenoxy) is 1. The third-order valence-corrected chi connectivity index (χ3v) is 3.40. The zero-order valence-corrected chi connectivity index (χ0v) is 11.2. The van der Waals surface area contributed by atoms with Crippen molar-refractivity contribution in [2.75, 3.05) is 7.11 Å². The first-order valence-electron chi connectivity index (χ1n) is 6.23. The second-order valence-electron chi connectivity index (χ2n) is 4.50. The van der Waals surface area contributed by atoms with Crippen LogP contribution >= 0.6 is 0 Å². The fraction of sp³-hybridized carbons (Fsp3) is 0.0625. The predicted molar refractivity (Wildman–Crippen MR) is 77.2 cm³/mol. The van der Waals surface area contributed by atoms with Gasteiger partial charge >= 0.3 is 5.97 Å². The van der Waals surface area contributed by atoms with Crippen LogP contribution in [0.5, 0.6) is 0 Å². The largest absolute Gasteiger partial charge is 0.465 e. The van der Waals surface area contributed by atoms with Gasteiger partial charge in [0.1, 0.15) is 11.6 Å². The summed E-state index contributed by atoms with van der Waals surface area (Å²) in [7, 11) is 1.22. The van der Waals surface area contributed by atoms with Crippen molar-refractivity contribution in [3.8, 4) is 6.07 Å². The van der Waals surface area contributed by atoms with Crippen LogP contribution in [0.4, 0.5) is 0 Å². The molecule has 0 amide bonds. The lowest BCUT2D eigenvalue weighted by atomic mass is 10.1. The Labute approximate surface area is 119 Å². The molecule has 0 saturated heterocycles. The molecule has 0 aliphatic rings. The Hall–Kier alpha value is -3.13. The molecule has 0 atom stereocenters. The second-order valence-corrected chi connectivity index (χ2v) is 4.50. The number of aromatic nitrogens is 1. The van der Waals surface area contributed by atoms with E-state index in [1.54, 1.807) is 18.3 Å². The van der Waals surface area contributed by atoms with Crippen LogP contribution in [0.15, 0.2) is 47.4 Å². The van der Waals surface area contributed by atoms with Crippen LogP contribution in [0.25, 0.3) is 16.3 Å². The summed E-state index contributed by atoms with van der Waals surface area (Å²) < 4.78 is 6.02. The Morgan fingerprint density at radius 2 is 2.05 bits per heavy atom. The second kappa shape index (κ2) is 4.76. The number of carbonyl (C=O) groups is 1. The smallest absolute Gasteiger partial charge is 0.339 e. The van der Waals surface area contributed by atoms with Gasteiger partial charge in [0.25, 0.3) is 5.56 Å². The maximum Gasteiger partial charge on any atom is 0.339 e. The van der Waals surface area contributed by atoms with Crippen LogP contribution in [0.2, 0.25) is 0 Å². The molecule has 3 aromatic rings. The Morgan fingerprint density at radius 1 is 1.29 bits per heavy atom. The van der Waals surface area contributed by atoms with Gasteiger partial charge in [-0.2, -0.15) is 5.26 Å². The highest BCUT2D eigenvalue weighted by Gasteiger charge is 2.18. The van der Waals surface area contributed by atoms with E-state index < -0.39 is 11.5 Å². The van der Waals surface area contributed by atoms with Gasteiger partial charge < -0.3 is 4.74 Å². The lowest BCUT2D eigenvalue weighted by molar-refractivity contribution is 0.0600. The molecule has 2 aromatic heterocycles. The number of fused-ring (bicyclic) bond motifs is 3. The van der Waals surface area contributed by atoms with Crippen molar-refractivity contribution in [3.05, 3.63) is 64.1 Å². The van der Waals surface area contributed by atoms with Crippen LogP contribution in [0, 0.1) is 11.3 Å². The standard InChI is InChI=1S/C16H10N2O3/c1-21-16(20)12-8-14-11-5-3-2-4-10(11)6-7-18(14)15(19)13(12)9-17/h2-8H,1H3. The minimum absolute atomic E-state index is 0.0126. The van der Waals surface area contributed by atoms with Crippen molar-refractivity contribution >= 4 is 22.3 Å².